The van der Waals surface area contributed by atoms with E-state index in [0.29, 0.717) is 11.3 Å². The van der Waals surface area contributed by atoms with Crippen molar-refractivity contribution in [1.29, 1.82) is 0 Å². The second-order valence-corrected chi connectivity index (χ2v) is 5.99. The summed E-state index contributed by atoms with van der Waals surface area (Å²) in [5.74, 6) is -0.691. The molecule has 5 heteroatoms. The number of halogens is 4. The molecule has 19 heavy (non-hydrogen) atoms. The smallest absolute Gasteiger partial charge is 0.146 e. The van der Waals surface area contributed by atoms with Gasteiger partial charge in [0.25, 0.3) is 0 Å². The maximum Gasteiger partial charge on any atom is 0.146 e. The predicted molar refractivity (Wildman–Crippen MR) is 80.2 cm³/mol. The van der Waals surface area contributed by atoms with E-state index in [1.54, 1.807) is 31.2 Å². The summed E-state index contributed by atoms with van der Waals surface area (Å²) < 4.78 is 28.9. The zero-order chi connectivity index (χ0) is 14.0. The molecule has 0 bridgehead atoms. The highest BCUT2D eigenvalue weighted by molar-refractivity contribution is 9.10. The molecule has 100 valence electrons. The van der Waals surface area contributed by atoms with Gasteiger partial charge < -0.3 is 5.32 Å². The lowest BCUT2D eigenvalue weighted by Crippen LogP contribution is -2.09. The molecular formula is C14H11Br2F2N. The average molecular weight is 391 g/mol. The summed E-state index contributed by atoms with van der Waals surface area (Å²) in [6.45, 7) is 1.78. The monoisotopic (exact) mass is 389 g/mol. The van der Waals surface area contributed by atoms with Crippen LogP contribution < -0.4 is 5.32 Å². The second kappa shape index (κ2) is 6.01. The van der Waals surface area contributed by atoms with Gasteiger partial charge in [0.1, 0.15) is 11.6 Å². The van der Waals surface area contributed by atoms with Gasteiger partial charge in [-0.25, -0.2) is 8.78 Å². The molecule has 2 rings (SSSR count). The first-order valence-electron chi connectivity index (χ1n) is 5.64. The van der Waals surface area contributed by atoms with Gasteiger partial charge in [-0.1, -0.05) is 31.9 Å². The zero-order valence-corrected chi connectivity index (χ0v) is 13.2. The highest BCUT2D eigenvalue weighted by Crippen LogP contribution is 2.27. The molecule has 0 aliphatic heterocycles. The first-order chi connectivity index (χ1) is 8.97. The summed E-state index contributed by atoms with van der Waals surface area (Å²) >= 11 is 6.58. The quantitative estimate of drug-likeness (QED) is 0.712. The molecule has 1 N–H and O–H groups in total. The molecule has 0 aliphatic carbocycles. The van der Waals surface area contributed by atoms with Gasteiger partial charge in [0.05, 0.1) is 11.7 Å². The molecule has 0 saturated carbocycles. The molecule has 1 nitrogen and oxygen atoms in total. The van der Waals surface area contributed by atoms with E-state index in [1.807, 2.05) is 0 Å². The van der Waals surface area contributed by atoms with Crippen molar-refractivity contribution in [2.45, 2.75) is 13.0 Å². The summed E-state index contributed by atoms with van der Waals surface area (Å²) in [7, 11) is 0. The van der Waals surface area contributed by atoms with E-state index in [2.05, 4.69) is 37.2 Å². The summed E-state index contributed by atoms with van der Waals surface area (Å²) in [5.41, 5.74) is 0.815. The summed E-state index contributed by atoms with van der Waals surface area (Å²) in [5, 5.41) is 2.97. The molecule has 1 atom stereocenters. The Hall–Kier alpha value is -0.940. The Kier molecular flexibility index (Phi) is 4.58. The van der Waals surface area contributed by atoms with E-state index >= 15 is 0 Å². The Balaban J connectivity index is 2.27. The SMILES string of the molecule is CC(Nc1cc(Br)ccc1F)c1cc(Br)ccc1F. The molecule has 0 amide bonds. The van der Waals surface area contributed by atoms with Crippen LogP contribution in [0.15, 0.2) is 45.3 Å². The van der Waals surface area contributed by atoms with Gasteiger partial charge in [-0.15, -0.1) is 0 Å². The largest absolute Gasteiger partial charge is 0.376 e. The summed E-state index contributed by atoms with van der Waals surface area (Å²) in [4.78, 5) is 0. The third-order valence-corrected chi connectivity index (χ3v) is 3.71. The Morgan fingerprint density at radius 3 is 2.21 bits per heavy atom. The topological polar surface area (TPSA) is 12.0 Å². The molecule has 0 heterocycles. The van der Waals surface area contributed by atoms with Gasteiger partial charge in [-0.05, 0) is 43.3 Å². The molecule has 0 aromatic heterocycles. The number of hydrogen-bond acceptors (Lipinski definition) is 1. The molecule has 0 fully saturated rings. The van der Waals surface area contributed by atoms with Crippen LogP contribution in [0.1, 0.15) is 18.5 Å². The Morgan fingerprint density at radius 1 is 0.947 bits per heavy atom. The highest BCUT2D eigenvalue weighted by atomic mass is 79.9. The minimum Gasteiger partial charge on any atom is -0.376 e. The third-order valence-electron chi connectivity index (χ3n) is 2.72. The average Bonchev–Trinajstić information content (AvgIpc) is 2.36. The standard InChI is InChI=1S/C14H11Br2F2N/c1-8(11-6-9(15)2-4-12(11)17)19-14-7-10(16)3-5-13(14)18/h2-8,19H,1H3. The Morgan fingerprint density at radius 2 is 1.53 bits per heavy atom. The van der Waals surface area contributed by atoms with Crippen LogP contribution in [0.5, 0.6) is 0 Å². The first kappa shape index (κ1) is 14.5. The fourth-order valence-corrected chi connectivity index (χ4v) is 2.51. The van der Waals surface area contributed by atoms with Crippen LogP contribution in [-0.2, 0) is 0 Å². The fraction of sp³-hybridized carbons (Fsp3) is 0.143. The Labute approximate surface area is 127 Å². The van der Waals surface area contributed by atoms with Crippen LogP contribution in [-0.4, -0.2) is 0 Å². The first-order valence-corrected chi connectivity index (χ1v) is 7.22. The maximum atomic E-state index is 13.7. The lowest BCUT2D eigenvalue weighted by Gasteiger charge is -2.17. The van der Waals surface area contributed by atoms with Gasteiger partial charge >= 0.3 is 0 Å². The zero-order valence-electron chi connectivity index (χ0n) is 10.1. The maximum absolute atomic E-state index is 13.7. The van der Waals surface area contributed by atoms with Crippen LogP contribution in [0.2, 0.25) is 0 Å². The van der Waals surface area contributed by atoms with Gasteiger partial charge in [-0.2, -0.15) is 0 Å². The number of anilines is 1. The van der Waals surface area contributed by atoms with Crippen molar-refractivity contribution in [2.24, 2.45) is 0 Å². The number of nitrogens with one attached hydrogen (secondary N) is 1. The molecule has 0 spiro atoms. The van der Waals surface area contributed by atoms with E-state index in [1.165, 1.54) is 12.1 Å². The number of benzene rings is 2. The van der Waals surface area contributed by atoms with Crippen LogP contribution in [0.3, 0.4) is 0 Å². The molecule has 1 unspecified atom stereocenters. The summed E-state index contributed by atoms with van der Waals surface area (Å²) in [6.07, 6.45) is 0. The van der Waals surface area contributed by atoms with Crippen LogP contribution in [0.4, 0.5) is 14.5 Å². The van der Waals surface area contributed by atoms with E-state index in [0.717, 1.165) is 8.95 Å². The van der Waals surface area contributed by atoms with Gasteiger partial charge in [0.15, 0.2) is 0 Å². The normalized spacial score (nSPS) is 12.3. The van der Waals surface area contributed by atoms with Crippen molar-refractivity contribution in [2.75, 3.05) is 5.32 Å². The van der Waals surface area contributed by atoms with E-state index < -0.39 is 0 Å². The highest BCUT2D eigenvalue weighted by Gasteiger charge is 2.13. The van der Waals surface area contributed by atoms with Crippen molar-refractivity contribution < 1.29 is 8.78 Å². The molecule has 2 aromatic rings. The van der Waals surface area contributed by atoms with E-state index in [9.17, 15) is 8.78 Å². The minimum absolute atomic E-state index is 0.321. The van der Waals surface area contributed by atoms with E-state index in [-0.39, 0.29) is 17.7 Å². The fourth-order valence-electron chi connectivity index (χ4n) is 1.77. The van der Waals surface area contributed by atoms with E-state index in [4.69, 9.17) is 0 Å². The van der Waals surface area contributed by atoms with Crippen LogP contribution >= 0.6 is 31.9 Å². The van der Waals surface area contributed by atoms with Gasteiger partial charge in [0.2, 0.25) is 0 Å². The second-order valence-electron chi connectivity index (χ2n) is 4.16. The van der Waals surface area contributed by atoms with Crippen molar-refractivity contribution >= 4 is 37.5 Å². The minimum atomic E-state index is -0.370. The number of hydrogen-bond donors (Lipinski definition) is 1. The summed E-state index contributed by atoms with van der Waals surface area (Å²) in [6, 6.07) is 8.95. The lowest BCUT2D eigenvalue weighted by molar-refractivity contribution is 0.596. The van der Waals surface area contributed by atoms with Gasteiger partial charge in [0, 0.05) is 14.5 Å². The van der Waals surface area contributed by atoms with Crippen molar-refractivity contribution in [1.82, 2.24) is 0 Å². The number of rotatable bonds is 3. The predicted octanol–water partition coefficient (Wildman–Crippen LogP) is 5.66. The van der Waals surface area contributed by atoms with Crippen LogP contribution in [0.25, 0.3) is 0 Å². The van der Waals surface area contributed by atoms with Gasteiger partial charge in [-0.3, -0.25) is 0 Å². The molecule has 0 saturated heterocycles. The third kappa shape index (κ3) is 3.54. The Bertz CT molecular complexity index is 602. The van der Waals surface area contributed by atoms with Crippen molar-refractivity contribution in [3.05, 3.63) is 62.5 Å². The molecule has 2 aromatic carbocycles. The van der Waals surface area contributed by atoms with Crippen molar-refractivity contribution in [3.63, 3.8) is 0 Å². The van der Waals surface area contributed by atoms with Crippen molar-refractivity contribution in [3.8, 4) is 0 Å². The lowest BCUT2D eigenvalue weighted by atomic mass is 10.1. The molecule has 0 aliphatic rings. The molecule has 0 radical (unpaired) electrons. The van der Waals surface area contributed by atoms with Crippen LogP contribution in [0, 0.1) is 11.6 Å². The molecular weight excluding hydrogens is 380 g/mol.